The van der Waals surface area contributed by atoms with Crippen LogP contribution in [0.2, 0.25) is 0 Å². The monoisotopic (exact) mass is 446 g/mol. The van der Waals surface area contributed by atoms with Gasteiger partial charge in [-0.05, 0) is 17.7 Å². The third kappa shape index (κ3) is 6.93. The van der Waals surface area contributed by atoms with Crippen LogP contribution >= 0.6 is 7.82 Å². The molecular weight excluding hydrogens is 432 g/mol. The number of H-pyrrole nitrogens is 1. The first-order chi connectivity index (χ1) is 12.6. The van der Waals surface area contributed by atoms with E-state index in [9.17, 15) is 33.4 Å². The van der Waals surface area contributed by atoms with E-state index in [0.717, 1.165) is 16.7 Å². The number of ether oxygens (including phenoxy) is 1. The Morgan fingerprint density at radius 1 is 1.28 bits per heavy atom. The summed E-state index contributed by atoms with van der Waals surface area (Å²) in [6.45, 7) is -0.704. The fourth-order valence-electron chi connectivity index (χ4n) is 2.73. The third-order valence-corrected chi connectivity index (χ3v) is 4.50. The number of rotatable bonds is 5. The molecule has 1 saturated heterocycles. The van der Waals surface area contributed by atoms with E-state index in [0.29, 0.717) is 5.56 Å². The molecular formula is C15H14FN2Na2O8P. The summed E-state index contributed by atoms with van der Waals surface area (Å²) in [5.74, 6) is -0.498. The van der Waals surface area contributed by atoms with Crippen LogP contribution in [0.3, 0.4) is 0 Å². The van der Waals surface area contributed by atoms with Gasteiger partial charge in [0.05, 0.1) is 26.1 Å². The zero-order valence-corrected chi connectivity index (χ0v) is 20.5. The molecule has 1 aliphatic rings. The van der Waals surface area contributed by atoms with E-state index >= 15 is 0 Å². The molecule has 3 rings (SSSR count). The fraction of sp³-hybridized carbons (Fsp3) is 0.333. The summed E-state index contributed by atoms with van der Waals surface area (Å²) in [4.78, 5) is 47.4. The Balaban J connectivity index is 0.00000210. The van der Waals surface area contributed by atoms with Crippen molar-refractivity contribution < 1.29 is 92.2 Å². The number of halogens is 1. The average Bonchev–Trinajstić information content (AvgIpc) is 2.94. The molecule has 10 nitrogen and oxygen atoms in total. The third-order valence-electron chi connectivity index (χ3n) is 4.03. The van der Waals surface area contributed by atoms with E-state index in [1.54, 1.807) is 0 Å². The SMILES string of the molecule is O=c1[nH]c(=O)n([C@H]2C[C@H](O)[C@@H](COP(=O)([O-])[O-])O2)cc1-c1ccc(F)cc1.[Na+].[Na+]. The van der Waals surface area contributed by atoms with Crippen LogP contribution < -0.4 is 80.2 Å². The minimum absolute atomic E-state index is 0. The quantitative estimate of drug-likeness (QED) is 0.339. The molecule has 0 bridgehead atoms. The molecule has 0 radical (unpaired) electrons. The molecule has 0 amide bonds. The fourth-order valence-corrected chi connectivity index (χ4v) is 3.06. The van der Waals surface area contributed by atoms with Crippen molar-refractivity contribution in [3.8, 4) is 11.1 Å². The Labute approximate surface area is 207 Å². The first kappa shape index (κ1) is 26.9. The Morgan fingerprint density at radius 3 is 2.48 bits per heavy atom. The molecule has 3 atom stereocenters. The van der Waals surface area contributed by atoms with Crippen LogP contribution in [0.5, 0.6) is 0 Å². The zero-order chi connectivity index (χ0) is 19.8. The van der Waals surface area contributed by atoms with Gasteiger partial charge in [0.2, 0.25) is 0 Å². The predicted octanol–water partition coefficient (Wildman–Crippen LogP) is -7.16. The Morgan fingerprint density at radius 2 is 1.90 bits per heavy atom. The average molecular weight is 446 g/mol. The molecule has 0 unspecified atom stereocenters. The summed E-state index contributed by atoms with van der Waals surface area (Å²) in [5, 5.41) is 9.95. The Hall–Kier alpha value is -0.140. The minimum atomic E-state index is -5.24. The van der Waals surface area contributed by atoms with Gasteiger partial charge >= 0.3 is 64.8 Å². The molecule has 0 aliphatic carbocycles. The van der Waals surface area contributed by atoms with Gasteiger partial charge < -0.3 is 28.7 Å². The van der Waals surface area contributed by atoms with E-state index in [4.69, 9.17) is 4.74 Å². The van der Waals surface area contributed by atoms with Gasteiger partial charge in [0.1, 0.15) is 18.1 Å². The van der Waals surface area contributed by atoms with Crippen LogP contribution in [0.4, 0.5) is 4.39 Å². The number of nitrogens with one attached hydrogen (secondary N) is 1. The van der Waals surface area contributed by atoms with Crippen molar-refractivity contribution in [3.05, 3.63) is 57.1 Å². The number of nitrogens with zero attached hydrogens (tertiary/aromatic N) is 1. The van der Waals surface area contributed by atoms with Gasteiger partial charge in [-0.1, -0.05) is 12.1 Å². The molecule has 1 aromatic heterocycles. The van der Waals surface area contributed by atoms with Crippen molar-refractivity contribution in [2.75, 3.05) is 6.61 Å². The summed E-state index contributed by atoms with van der Waals surface area (Å²) in [5.41, 5.74) is -1.10. The number of phosphoric ester groups is 1. The van der Waals surface area contributed by atoms with Crippen LogP contribution in [-0.4, -0.2) is 33.5 Å². The number of hydrogen-bond acceptors (Lipinski definition) is 8. The normalized spacial score (nSPS) is 21.3. The molecule has 29 heavy (non-hydrogen) atoms. The first-order valence-electron chi connectivity index (χ1n) is 7.75. The molecule has 2 heterocycles. The Kier molecular flexibility index (Phi) is 10.1. The van der Waals surface area contributed by atoms with Crippen molar-refractivity contribution in [2.24, 2.45) is 0 Å². The summed E-state index contributed by atoms with van der Waals surface area (Å²) in [6.07, 6.45) is -2.30. The van der Waals surface area contributed by atoms with Crippen LogP contribution in [0.15, 0.2) is 40.1 Å². The van der Waals surface area contributed by atoms with E-state index < -0.39 is 49.9 Å². The number of aliphatic hydroxyl groups excluding tert-OH is 1. The second-order valence-corrected chi connectivity index (χ2v) is 7.04. The molecule has 1 aromatic carbocycles. The van der Waals surface area contributed by atoms with Gasteiger partial charge in [-0.3, -0.25) is 14.3 Å². The molecule has 14 heteroatoms. The van der Waals surface area contributed by atoms with Gasteiger partial charge in [0, 0.05) is 12.6 Å². The van der Waals surface area contributed by atoms with Gasteiger partial charge in [0.25, 0.3) is 5.56 Å². The summed E-state index contributed by atoms with van der Waals surface area (Å²) in [7, 11) is -5.24. The van der Waals surface area contributed by atoms with E-state index in [1.165, 1.54) is 18.3 Å². The Bertz CT molecular complexity index is 993. The summed E-state index contributed by atoms with van der Waals surface area (Å²) in [6, 6.07) is 5.01. The number of hydrogen-bond donors (Lipinski definition) is 2. The van der Waals surface area contributed by atoms with Crippen molar-refractivity contribution in [2.45, 2.75) is 24.9 Å². The summed E-state index contributed by atoms with van der Waals surface area (Å²) < 4.78 is 34.1. The second-order valence-electron chi connectivity index (χ2n) is 5.89. The standard InChI is InChI=1S/C15H16FN2O8P.2Na/c16-9-3-1-8(2-4-9)10-6-18(15(21)17-14(10)20)13-5-11(19)12(26-13)7-25-27(22,23)24;;/h1-4,6,11-13,19H,5,7H2,(H,17,20,21)(H2,22,23,24);;/q;2*+1/p-2/t11-,12+,13+;;/m0../s1. The first-order valence-corrected chi connectivity index (χ1v) is 9.21. The molecule has 1 aliphatic heterocycles. The number of aromatic nitrogens is 2. The van der Waals surface area contributed by atoms with Crippen molar-refractivity contribution in [1.82, 2.24) is 9.55 Å². The number of aliphatic hydroxyl groups is 1. The number of aromatic amines is 1. The smallest absolute Gasteiger partial charge is 0.790 e. The number of benzene rings is 1. The maximum absolute atomic E-state index is 13.1. The molecule has 2 aromatic rings. The topological polar surface area (TPSA) is 157 Å². The van der Waals surface area contributed by atoms with Crippen molar-refractivity contribution in [3.63, 3.8) is 0 Å². The van der Waals surface area contributed by atoms with E-state index in [2.05, 4.69) is 9.51 Å². The summed E-state index contributed by atoms with van der Waals surface area (Å²) >= 11 is 0. The molecule has 146 valence electrons. The zero-order valence-electron chi connectivity index (χ0n) is 15.6. The van der Waals surface area contributed by atoms with Gasteiger partial charge in [-0.25, -0.2) is 9.18 Å². The van der Waals surface area contributed by atoms with Crippen LogP contribution in [-0.2, 0) is 13.8 Å². The maximum Gasteiger partial charge on any atom is 1.00 e. The van der Waals surface area contributed by atoms with Crippen LogP contribution in [0.1, 0.15) is 12.6 Å². The molecule has 0 spiro atoms. The largest absolute Gasteiger partial charge is 1.00 e. The van der Waals surface area contributed by atoms with Gasteiger partial charge in [-0.2, -0.15) is 0 Å². The maximum atomic E-state index is 13.1. The molecule has 2 N–H and O–H groups in total. The van der Waals surface area contributed by atoms with Crippen LogP contribution in [0.25, 0.3) is 11.1 Å². The number of phosphoric acid groups is 1. The molecule has 0 saturated carbocycles. The minimum Gasteiger partial charge on any atom is -0.790 e. The second kappa shape index (κ2) is 10.9. The van der Waals surface area contributed by atoms with Gasteiger partial charge in [-0.15, -0.1) is 0 Å². The van der Waals surface area contributed by atoms with Gasteiger partial charge in [0.15, 0.2) is 0 Å². The van der Waals surface area contributed by atoms with Crippen molar-refractivity contribution in [1.29, 1.82) is 0 Å². The van der Waals surface area contributed by atoms with Crippen LogP contribution in [0, 0.1) is 5.82 Å². The van der Waals surface area contributed by atoms with E-state index in [-0.39, 0.29) is 71.1 Å². The molecule has 1 fully saturated rings. The van der Waals surface area contributed by atoms with Crippen molar-refractivity contribution >= 4 is 7.82 Å². The predicted molar refractivity (Wildman–Crippen MR) is 84.8 cm³/mol. The van der Waals surface area contributed by atoms with E-state index in [1.807, 2.05) is 0 Å².